The van der Waals surface area contributed by atoms with Crippen LogP contribution in [0.25, 0.3) is 0 Å². The van der Waals surface area contributed by atoms with Gasteiger partial charge in [-0.25, -0.2) is 0 Å². The van der Waals surface area contributed by atoms with E-state index in [1.165, 1.54) is 0 Å². The minimum absolute atomic E-state index is 0.0586. The number of hydrogen-bond donors (Lipinski definition) is 1. The molecule has 17 heavy (non-hydrogen) atoms. The topological polar surface area (TPSA) is 38.3 Å². The molecule has 1 aromatic rings. The first-order valence-electron chi connectivity index (χ1n) is 5.58. The Labute approximate surface area is 111 Å². The molecule has 0 aliphatic carbocycles. The molecule has 0 bridgehead atoms. The molecule has 1 N–H and O–H groups in total. The third kappa shape index (κ3) is 4.48. The van der Waals surface area contributed by atoms with Crippen LogP contribution in [0.2, 0.25) is 0 Å². The summed E-state index contributed by atoms with van der Waals surface area (Å²) in [6.45, 7) is 7.87. The van der Waals surface area contributed by atoms with Gasteiger partial charge in [-0.3, -0.25) is 4.79 Å². The van der Waals surface area contributed by atoms with Crippen molar-refractivity contribution in [3.8, 4) is 0 Å². The van der Waals surface area contributed by atoms with Crippen molar-refractivity contribution >= 4 is 27.5 Å². The summed E-state index contributed by atoms with van der Waals surface area (Å²) in [7, 11) is 0. The van der Waals surface area contributed by atoms with Crippen LogP contribution in [0.15, 0.2) is 16.6 Å². The molecule has 0 heterocycles. The van der Waals surface area contributed by atoms with Crippen molar-refractivity contribution in [2.45, 2.75) is 33.8 Å². The Hall–Kier alpha value is -0.870. The molecule has 0 aliphatic rings. The predicted molar refractivity (Wildman–Crippen MR) is 73.3 cm³/mol. The van der Waals surface area contributed by atoms with Crippen molar-refractivity contribution in [1.82, 2.24) is 0 Å². The number of amides is 1. The predicted octanol–water partition coefficient (Wildman–Crippen LogP) is 3.43. The highest BCUT2D eigenvalue weighted by molar-refractivity contribution is 9.10. The zero-order valence-electron chi connectivity index (χ0n) is 10.6. The fraction of sp³-hybridized carbons (Fsp3) is 0.462. The molecule has 0 unspecified atom stereocenters. The molecule has 0 saturated carbocycles. The van der Waals surface area contributed by atoms with E-state index in [4.69, 9.17) is 4.74 Å². The van der Waals surface area contributed by atoms with E-state index in [0.29, 0.717) is 0 Å². The van der Waals surface area contributed by atoms with Crippen LogP contribution in [0.5, 0.6) is 0 Å². The van der Waals surface area contributed by atoms with Crippen LogP contribution in [0.3, 0.4) is 0 Å². The minimum Gasteiger partial charge on any atom is -0.369 e. The molecule has 0 atom stereocenters. The number of anilines is 1. The van der Waals surface area contributed by atoms with Crippen molar-refractivity contribution < 1.29 is 9.53 Å². The normalized spacial score (nSPS) is 10.7. The second kappa shape index (κ2) is 6.17. The van der Waals surface area contributed by atoms with Crippen molar-refractivity contribution in [3.63, 3.8) is 0 Å². The van der Waals surface area contributed by atoms with Gasteiger partial charge in [0.25, 0.3) is 0 Å². The Morgan fingerprint density at radius 3 is 2.59 bits per heavy atom. The lowest BCUT2D eigenvalue weighted by molar-refractivity contribution is -0.121. The molecule has 0 aliphatic heterocycles. The molecule has 0 spiro atoms. The summed E-state index contributed by atoms with van der Waals surface area (Å²) in [5, 5.41) is 2.85. The van der Waals surface area contributed by atoms with Crippen LogP contribution in [-0.4, -0.2) is 18.6 Å². The number of carbonyl (C=O) groups is 1. The largest absolute Gasteiger partial charge is 0.369 e. The molecule has 1 amide bonds. The lowest BCUT2D eigenvalue weighted by Gasteiger charge is -2.12. The van der Waals surface area contributed by atoms with Crippen molar-refractivity contribution in [1.29, 1.82) is 0 Å². The standard InChI is InChI=1S/C13H18BrNO2/c1-8(2)17-7-12(16)15-13-10(4)5-9(3)6-11(13)14/h5-6,8H,7H2,1-4H3,(H,15,16). The maximum Gasteiger partial charge on any atom is 0.250 e. The summed E-state index contributed by atoms with van der Waals surface area (Å²) in [6.07, 6.45) is 0.0586. The van der Waals surface area contributed by atoms with E-state index >= 15 is 0 Å². The third-order valence-corrected chi connectivity index (χ3v) is 2.87. The molecule has 0 aromatic heterocycles. The summed E-state index contributed by atoms with van der Waals surface area (Å²) in [5.41, 5.74) is 3.01. The molecule has 0 radical (unpaired) electrons. The monoisotopic (exact) mass is 299 g/mol. The Morgan fingerprint density at radius 1 is 1.41 bits per heavy atom. The van der Waals surface area contributed by atoms with E-state index in [2.05, 4.69) is 21.2 Å². The summed E-state index contributed by atoms with van der Waals surface area (Å²) in [4.78, 5) is 11.6. The highest BCUT2D eigenvalue weighted by Crippen LogP contribution is 2.27. The molecular formula is C13H18BrNO2. The second-order valence-corrected chi connectivity index (χ2v) is 5.20. The number of benzene rings is 1. The number of aryl methyl sites for hydroxylation is 2. The number of rotatable bonds is 4. The Kier molecular flexibility index (Phi) is 5.15. The van der Waals surface area contributed by atoms with Gasteiger partial charge in [-0.05, 0) is 60.8 Å². The first-order valence-corrected chi connectivity index (χ1v) is 6.37. The van der Waals surface area contributed by atoms with E-state index in [1.807, 2.05) is 39.8 Å². The zero-order chi connectivity index (χ0) is 13.0. The number of halogens is 1. The van der Waals surface area contributed by atoms with E-state index in [9.17, 15) is 4.79 Å². The number of nitrogens with one attached hydrogen (secondary N) is 1. The maximum atomic E-state index is 11.6. The van der Waals surface area contributed by atoms with Gasteiger partial charge in [0.15, 0.2) is 0 Å². The molecule has 1 aromatic carbocycles. The van der Waals surface area contributed by atoms with Crippen molar-refractivity contribution in [3.05, 3.63) is 27.7 Å². The van der Waals surface area contributed by atoms with Gasteiger partial charge in [0.1, 0.15) is 6.61 Å². The number of hydrogen-bond acceptors (Lipinski definition) is 2. The minimum atomic E-state index is -0.133. The van der Waals surface area contributed by atoms with E-state index in [0.717, 1.165) is 21.3 Å². The number of carbonyl (C=O) groups excluding carboxylic acids is 1. The van der Waals surface area contributed by atoms with Gasteiger partial charge in [0, 0.05) is 4.47 Å². The fourth-order valence-electron chi connectivity index (χ4n) is 1.49. The second-order valence-electron chi connectivity index (χ2n) is 4.35. The first-order chi connectivity index (χ1) is 7.90. The Balaban J connectivity index is 2.72. The average molecular weight is 300 g/mol. The highest BCUT2D eigenvalue weighted by Gasteiger charge is 2.09. The zero-order valence-corrected chi connectivity index (χ0v) is 12.2. The molecule has 1 rings (SSSR count). The van der Waals surface area contributed by atoms with Crippen LogP contribution in [-0.2, 0) is 9.53 Å². The molecule has 94 valence electrons. The van der Waals surface area contributed by atoms with Gasteiger partial charge in [-0.1, -0.05) is 6.07 Å². The van der Waals surface area contributed by atoms with Gasteiger partial charge < -0.3 is 10.1 Å². The van der Waals surface area contributed by atoms with Gasteiger partial charge in [-0.2, -0.15) is 0 Å². The Morgan fingerprint density at radius 2 is 2.06 bits per heavy atom. The van der Waals surface area contributed by atoms with Gasteiger partial charge in [0.2, 0.25) is 5.91 Å². The van der Waals surface area contributed by atoms with Crippen LogP contribution < -0.4 is 5.32 Å². The Bertz CT molecular complexity index is 393. The summed E-state index contributed by atoms with van der Waals surface area (Å²) >= 11 is 3.45. The fourth-order valence-corrected chi connectivity index (χ4v) is 2.26. The van der Waals surface area contributed by atoms with E-state index in [-0.39, 0.29) is 18.6 Å². The van der Waals surface area contributed by atoms with E-state index in [1.54, 1.807) is 0 Å². The van der Waals surface area contributed by atoms with Crippen LogP contribution in [0.4, 0.5) is 5.69 Å². The molecule has 3 nitrogen and oxygen atoms in total. The average Bonchev–Trinajstić information content (AvgIpc) is 2.20. The van der Waals surface area contributed by atoms with Crippen molar-refractivity contribution in [2.24, 2.45) is 0 Å². The van der Waals surface area contributed by atoms with E-state index < -0.39 is 0 Å². The lowest BCUT2D eigenvalue weighted by Crippen LogP contribution is -2.21. The maximum absolute atomic E-state index is 11.6. The summed E-state index contributed by atoms with van der Waals surface area (Å²) < 4.78 is 6.15. The lowest BCUT2D eigenvalue weighted by atomic mass is 10.1. The molecule has 4 heteroatoms. The molecule has 0 fully saturated rings. The van der Waals surface area contributed by atoms with Gasteiger partial charge in [0.05, 0.1) is 11.8 Å². The summed E-state index contributed by atoms with van der Waals surface area (Å²) in [5.74, 6) is -0.133. The highest BCUT2D eigenvalue weighted by atomic mass is 79.9. The number of ether oxygens (including phenoxy) is 1. The van der Waals surface area contributed by atoms with Gasteiger partial charge >= 0.3 is 0 Å². The summed E-state index contributed by atoms with van der Waals surface area (Å²) in [6, 6.07) is 4.01. The van der Waals surface area contributed by atoms with Crippen LogP contribution >= 0.6 is 15.9 Å². The molecular weight excluding hydrogens is 282 g/mol. The third-order valence-electron chi connectivity index (χ3n) is 2.24. The van der Waals surface area contributed by atoms with Crippen molar-refractivity contribution in [2.75, 3.05) is 11.9 Å². The van der Waals surface area contributed by atoms with Gasteiger partial charge in [-0.15, -0.1) is 0 Å². The quantitative estimate of drug-likeness (QED) is 0.925. The first kappa shape index (κ1) is 14.2. The van der Waals surface area contributed by atoms with Crippen LogP contribution in [0.1, 0.15) is 25.0 Å². The smallest absolute Gasteiger partial charge is 0.250 e. The molecule has 0 saturated heterocycles. The SMILES string of the molecule is Cc1cc(C)c(NC(=O)COC(C)C)c(Br)c1. The van der Waals surface area contributed by atoms with Crippen LogP contribution in [0, 0.1) is 13.8 Å².